The van der Waals surface area contributed by atoms with Gasteiger partial charge in [0.15, 0.2) is 0 Å². The first-order valence-corrected chi connectivity index (χ1v) is 10.3. The number of carbonyl (C=O) groups excluding carboxylic acids is 1. The molecule has 0 amide bonds. The number of rotatable bonds is 15. The van der Waals surface area contributed by atoms with Crippen molar-refractivity contribution in [2.75, 3.05) is 6.61 Å². The van der Waals surface area contributed by atoms with E-state index < -0.39 is 5.97 Å². The third-order valence-corrected chi connectivity index (χ3v) is 4.82. The molecule has 0 aromatic heterocycles. The Morgan fingerprint density at radius 1 is 0.840 bits per heavy atom. The zero-order valence-corrected chi connectivity index (χ0v) is 17.6. The minimum Gasteiger partial charge on any atom is -0.298 e. The average molecular weight is 355 g/mol. The molecule has 3 heteroatoms. The third kappa shape index (κ3) is 17.8. The van der Waals surface area contributed by atoms with Crippen molar-refractivity contribution in [1.29, 1.82) is 0 Å². The monoisotopic (exact) mass is 354 g/mol. The van der Waals surface area contributed by atoms with Crippen LogP contribution in [-0.2, 0) is 14.6 Å². The van der Waals surface area contributed by atoms with E-state index in [2.05, 4.69) is 39.5 Å². The Bertz CT molecular complexity index is 360. The van der Waals surface area contributed by atoms with Gasteiger partial charge in [-0.15, -0.1) is 0 Å². The van der Waals surface area contributed by atoms with Crippen molar-refractivity contribution in [3.05, 3.63) is 11.6 Å². The highest BCUT2D eigenvalue weighted by molar-refractivity contribution is 5.65. The van der Waals surface area contributed by atoms with E-state index in [1.54, 1.807) is 0 Å². The summed E-state index contributed by atoms with van der Waals surface area (Å²) in [4.78, 5) is 19.8. The van der Waals surface area contributed by atoms with Crippen molar-refractivity contribution in [3.8, 4) is 0 Å². The van der Waals surface area contributed by atoms with E-state index in [1.807, 2.05) is 6.08 Å². The van der Waals surface area contributed by atoms with Gasteiger partial charge in [-0.3, -0.25) is 4.89 Å². The molecule has 0 fully saturated rings. The van der Waals surface area contributed by atoms with E-state index in [9.17, 15) is 4.79 Å². The van der Waals surface area contributed by atoms with Gasteiger partial charge in [0.2, 0.25) is 0 Å². The summed E-state index contributed by atoms with van der Waals surface area (Å²) >= 11 is 0. The van der Waals surface area contributed by atoms with Gasteiger partial charge in [0.05, 0.1) is 0 Å². The van der Waals surface area contributed by atoms with Crippen LogP contribution in [0.1, 0.15) is 99.3 Å². The Morgan fingerprint density at radius 3 is 1.88 bits per heavy atom. The van der Waals surface area contributed by atoms with Crippen LogP contribution in [0, 0.1) is 17.8 Å². The summed E-state index contributed by atoms with van der Waals surface area (Å²) in [5.74, 6) is 2.13. The summed E-state index contributed by atoms with van der Waals surface area (Å²) in [6, 6.07) is 0. The second-order valence-electron chi connectivity index (χ2n) is 8.27. The molecular formula is C22H42O3. The second kappa shape index (κ2) is 15.4. The Kier molecular flexibility index (Phi) is 14.9. The van der Waals surface area contributed by atoms with E-state index in [4.69, 9.17) is 4.89 Å². The molecular weight excluding hydrogens is 312 g/mol. The Hall–Kier alpha value is -0.830. The van der Waals surface area contributed by atoms with Crippen molar-refractivity contribution >= 4 is 5.97 Å². The van der Waals surface area contributed by atoms with Gasteiger partial charge in [-0.05, 0) is 37.5 Å². The van der Waals surface area contributed by atoms with Crippen LogP contribution in [0.3, 0.4) is 0 Å². The fourth-order valence-electron chi connectivity index (χ4n) is 3.10. The van der Waals surface area contributed by atoms with Gasteiger partial charge in [0.25, 0.3) is 0 Å². The Balaban J connectivity index is 3.61. The van der Waals surface area contributed by atoms with E-state index >= 15 is 0 Å². The van der Waals surface area contributed by atoms with Gasteiger partial charge < -0.3 is 0 Å². The molecule has 3 nitrogen and oxygen atoms in total. The molecule has 0 heterocycles. The average Bonchev–Trinajstić information content (AvgIpc) is 2.51. The molecule has 0 aliphatic heterocycles. The van der Waals surface area contributed by atoms with Crippen LogP contribution >= 0.6 is 0 Å². The maximum atomic E-state index is 10.6. The smallest absolute Gasteiger partial charge is 0.298 e. The van der Waals surface area contributed by atoms with E-state index in [0.29, 0.717) is 6.61 Å². The molecule has 2 unspecified atom stereocenters. The quantitative estimate of drug-likeness (QED) is 0.139. The number of hydrogen-bond acceptors (Lipinski definition) is 3. The normalized spacial score (nSPS) is 14.6. The molecule has 0 aromatic rings. The molecule has 0 radical (unpaired) electrons. The van der Waals surface area contributed by atoms with E-state index in [-0.39, 0.29) is 0 Å². The first-order valence-electron chi connectivity index (χ1n) is 10.3. The van der Waals surface area contributed by atoms with Crippen LogP contribution in [0.25, 0.3) is 0 Å². The largest absolute Gasteiger partial charge is 0.339 e. The van der Waals surface area contributed by atoms with Crippen molar-refractivity contribution < 1.29 is 14.6 Å². The minimum absolute atomic E-state index is 0.343. The lowest BCUT2D eigenvalue weighted by Crippen LogP contribution is -2.01. The fraction of sp³-hybridized carbons (Fsp3) is 0.864. The highest BCUT2D eigenvalue weighted by Gasteiger charge is 2.06. The zero-order valence-electron chi connectivity index (χ0n) is 17.6. The van der Waals surface area contributed by atoms with Crippen LogP contribution in [0.5, 0.6) is 0 Å². The molecule has 148 valence electrons. The van der Waals surface area contributed by atoms with Crippen molar-refractivity contribution in [1.82, 2.24) is 0 Å². The lowest BCUT2D eigenvalue weighted by molar-refractivity contribution is -0.263. The highest BCUT2D eigenvalue weighted by atomic mass is 17.2. The summed E-state index contributed by atoms with van der Waals surface area (Å²) in [5.41, 5.74) is 1.30. The fourth-order valence-corrected chi connectivity index (χ4v) is 3.10. The predicted octanol–water partition coefficient (Wildman–Crippen LogP) is 6.87. The SMILES string of the molecule is CC(=O)OOCC=C(C)CCCC(C)CCCC(C)CCCC(C)C. The van der Waals surface area contributed by atoms with Crippen molar-refractivity contribution in [3.63, 3.8) is 0 Å². The van der Waals surface area contributed by atoms with Crippen molar-refractivity contribution in [2.24, 2.45) is 17.8 Å². The molecule has 0 aromatic carbocycles. The lowest BCUT2D eigenvalue weighted by Gasteiger charge is -2.15. The molecule has 0 N–H and O–H groups in total. The molecule has 0 aliphatic carbocycles. The molecule has 2 atom stereocenters. The predicted molar refractivity (Wildman–Crippen MR) is 106 cm³/mol. The van der Waals surface area contributed by atoms with E-state index in [0.717, 1.165) is 24.2 Å². The van der Waals surface area contributed by atoms with Gasteiger partial charge in [0, 0.05) is 6.92 Å². The number of hydrogen-bond donors (Lipinski definition) is 0. The first kappa shape index (κ1) is 24.2. The maximum absolute atomic E-state index is 10.6. The van der Waals surface area contributed by atoms with Crippen LogP contribution in [-0.4, -0.2) is 12.6 Å². The minimum atomic E-state index is -0.408. The molecule has 0 saturated carbocycles. The third-order valence-electron chi connectivity index (χ3n) is 4.82. The summed E-state index contributed by atoms with van der Waals surface area (Å²) in [7, 11) is 0. The summed E-state index contributed by atoms with van der Waals surface area (Å²) in [5, 5.41) is 0. The summed E-state index contributed by atoms with van der Waals surface area (Å²) < 4.78 is 0. The van der Waals surface area contributed by atoms with Crippen LogP contribution in [0.4, 0.5) is 0 Å². The lowest BCUT2D eigenvalue weighted by atomic mass is 9.91. The Morgan fingerprint density at radius 2 is 1.36 bits per heavy atom. The van der Waals surface area contributed by atoms with Gasteiger partial charge in [0.1, 0.15) is 6.61 Å². The molecule has 0 saturated heterocycles. The molecule has 25 heavy (non-hydrogen) atoms. The van der Waals surface area contributed by atoms with Gasteiger partial charge in [-0.1, -0.05) is 84.3 Å². The molecule has 0 spiro atoms. The van der Waals surface area contributed by atoms with Crippen LogP contribution in [0.15, 0.2) is 11.6 Å². The van der Waals surface area contributed by atoms with Gasteiger partial charge in [-0.25, -0.2) is 4.79 Å². The number of carbonyl (C=O) groups is 1. The number of allylic oxidation sites excluding steroid dienone is 1. The molecule has 0 rings (SSSR count). The van der Waals surface area contributed by atoms with E-state index in [1.165, 1.54) is 63.9 Å². The van der Waals surface area contributed by atoms with Crippen LogP contribution < -0.4 is 0 Å². The Labute approximate surface area is 156 Å². The zero-order chi connectivity index (χ0) is 19.1. The molecule has 0 aliphatic rings. The van der Waals surface area contributed by atoms with Gasteiger partial charge in [-0.2, -0.15) is 4.89 Å². The highest BCUT2D eigenvalue weighted by Crippen LogP contribution is 2.22. The maximum Gasteiger partial charge on any atom is 0.339 e. The first-order chi connectivity index (χ1) is 11.8. The van der Waals surface area contributed by atoms with Gasteiger partial charge >= 0.3 is 5.97 Å². The summed E-state index contributed by atoms with van der Waals surface area (Å²) in [6.07, 6.45) is 13.9. The standard InChI is InChI=1S/C22H42O3/c1-18(2)10-7-11-19(3)12-8-13-20(4)14-9-15-21(5)16-17-24-25-22(6)23/h16,18-20H,7-15,17H2,1-6H3. The van der Waals surface area contributed by atoms with Crippen molar-refractivity contribution in [2.45, 2.75) is 99.3 Å². The second-order valence-corrected chi connectivity index (χ2v) is 8.27. The summed E-state index contributed by atoms with van der Waals surface area (Å²) in [6.45, 7) is 13.2. The molecule has 0 bridgehead atoms. The topological polar surface area (TPSA) is 35.5 Å². The van der Waals surface area contributed by atoms with Crippen LogP contribution in [0.2, 0.25) is 0 Å².